The number of aliphatic hydroxyl groups is 1. The van der Waals surface area contributed by atoms with Crippen molar-refractivity contribution in [3.05, 3.63) is 12.2 Å². The Morgan fingerprint density at radius 3 is 2.69 bits per heavy atom. The molecule has 1 rings (SSSR count). The normalized spacial score (nSPS) is 20.7. The molecule has 0 radical (unpaired) electrons. The third-order valence-corrected chi connectivity index (χ3v) is 4.84. The van der Waals surface area contributed by atoms with Crippen LogP contribution in [0.1, 0.15) is 72.1 Å². The first-order chi connectivity index (χ1) is 12.4. The summed E-state index contributed by atoms with van der Waals surface area (Å²) < 4.78 is 0. The molecule has 1 unspecified atom stereocenters. The van der Waals surface area contributed by atoms with Crippen molar-refractivity contribution in [2.45, 2.75) is 90.3 Å². The lowest BCUT2D eigenvalue weighted by atomic mass is 9.99. The van der Waals surface area contributed by atoms with Gasteiger partial charge in [0.05, 0.1) is 12.1 Å². The van der Waals surface area contributed by atoms with Crippen LogP contribution in [0.4, 0.5) is 0 Å². The second-order valence-electron chi connectivity index (χ2n) is 7.02. The lowest BCUT2D eigenvalue weighted by Crippen LogP contribution is -2.46. The van der Waals surface area contributed by atoms with Crippen LogP contribution < -0.4 is 0 Å². The van der Waals surface area contributed by atoms with Crippen LogP contribution in [0.2, 0.25) is 0 Å². The van der Waals surface area contributed by atoms with Gasteiger partial charge < -0.3 is 15.1 Å². The molecule has 146 valence electrons. The van der Waals surface area contributed by atoms with E-state index in [2.05, 4.69) is 18.8 Å². The number of carboxylic acids is 1. The second-order valence-corrected chi connectivity index (χ2v) is 7.02. The van der Waals surface area contributed by atoms with E-state index in [1.165, 1.54) is 4.90 Å². The SMILES string of the molecule is CCC#CC[C@H](C)[C@H](O)/C=C/[C@H]1CCC(=O)N1C(CCCCC)C(=O)O. The Bertz CT molecular complexity index is 546. The third-order valence-electron chi connectivity index (χ3n) is 4.84. The molecular formula is C21H33NO4. The Kier molecular flexibility index (Phi) is 10.0. The van der Waals surface area contributed by atoms with Crippen LogP contribution in [-0.2, 0) is 9.59 Å². The number of unbranched alkanes of at least 4 members (excludes halogenated alkanes) is 2. The summed E-state index contributed by atoms with van der Waals surface area (Å²) in [6.45, 7) is 5.98. The molecule has 0 aromatic rings. The first-order valence-corrected chi connectivity index (χ1v) is 9.78. The summed E-state index contributed by atoms with van der Waals surface area (Å²) in [5, 5.41) is 19.8. The van der Waals surface area contributed by atoms with Crippen molar-refractivity contribution in [3.63, 3.8) is 0 Å². The predicted octanol–water partition coefficient (Wildman–Crippen LogP) is 3.37. The molecule has 4 atom stereocenters. The summed E-state index contributed by atoms with van der Waals surface area (Å²) in [6, 6.07) is -1.04. The molecule has 0 saturated carbocycles. The van der Waals surface area contributed by atoms with Gasteiger partial charge in [-0.3, -0.25) is 4.79 Å². The fourth-order valence-electron chi connectivity index (χ4n) is 3.20. The monoisotopic (exact) mass is 363 g/mol. The topological polar surface area (TPSA) is 77.8 Å². The van der Waals surface area contributed by atoms with Crippen molar-refractivity contribution in [3.8, 4) is 11.8 Å². The number of nitrogens with zero attached hydrogens (tertiary/aromatic N) is 1. The fourth-order valence-corrected chi connectivity index (χ4v) is 3.20. The third kappa shape index (κ3) is 6.84. The molecular weight excluding hydrogens is 330 g/mol. The molecule has 5 nitrogen and oxygen atoms in total. The average molecular weight is 363 g/mol. The molecule has 2 N–H and O–H groups in total. The molecule has 1 fully saturated rings. The maximum atomic E-state index is 12.3. The van der Waals surface area contributed by atoms with E-state index in [4.69, 9.17) is 0 Å². The number of aliphatic carboxylic acids is 1. The molecule has 1 aliphatic heterocycles. The lowest BCUT2D eigenvalue weighted by Gasteiger charge is -2.29. The summed E-state index contributed by atoms with van der Waals surface area (Å²) in [4.78, 5) is 25.4. The number of hydrogen-bond acceptors (Lipinski definition) is 3. The summed E-state index contributed by atoms with van der Waals surface area (Å²) >= 11 is 0. The zero-order chi connectivity index (χ0) is 19.5. The molecule has 0 aliphatic carbocycles. The highest BCUT2D eigenvalue weighted by atomic mass is 16.4. The van der Waals surface area contributed by atoms with Crippen LogP contribution in [0.5, 0.6) is 0 Å². The van der Waals surface area contributed by atoms with Gasteiger partial charge in [0.2, 0.25) is 5.91 Å². The molecule has 26 heavy (non-hydrogen) atoms. The minimum Gasteiger partial charge on any atom is -0.480 e. The van der Waals surface area contributed by atoms with Crippen LogP contribution >= 0.6 is 0 Å². The summed E-state index contributed by atoms with van der Waals surface area (Å²) in [5.74, 6) is 4.97. The van der Waals surface area contributed by atoms with Gasteiger partial charge >= 0.3 is 5.97 Å². The van der Waals surface area contributed by atoms with Gasteiger partial charge in [0.1, 0.15) is 6.04 Å². The number of carboxylic acid groups (broad SMARTS) is 1. The van der Waals surface area contributed by atoms with E-state index in [1.807, 2.05) is 13.8 Å². The minimum atomic E-state index is -0.946. The molecule has 0 bridgehead atoms. The smallest absolute Gasteiger partial charge is 0.326 e. The van der Waals surface area contributed by atoms with Gasteiger partial charge in [-0.15, -0.1) is 11.8 Å². The Morgan fingerprint density at radius 2 is 2.08 bits per heavy atom. The number of aliphatic hydroxyl groups excluding tert-OH is 1. The number of carbonyl (C=O) groups is 2. The molecule has 1 aliphatic rings. The maximum absolute atomic E-state index is 12.3. The summed E-state index contributed by atoms with van der Waals surface area (Å²) in [7, 11) is 0. The first-order valence-electron chi connectivity index (χ1n) is 9.78. The highest BCUT2D eigenvalue weighted by Crippen LogP contribution is 2.26. The van der Waals surface area contributed by atoms with Gasteiger partial charge in [-0.05, 0) is 18.8 Å². The largest absolute Gasteiger partial charge is 0.480 e. The number of rotatable bonds is 10. The van der Waals surface area contributed by atoms with Crippen molar-refractivity contribution < 1.29 is 19.8 Å². The number of amides is 1. The fraction of sp³-hybridized carbons (Fsp3) is 0.714. The standard InChI is InChI=1S/C21H33NO4/c1-4-6-8-10-16(3)19(23)14-12-17-13-15-20(24)22(17)18(21(25)26)11-9-7-5-2/h12,14,16-19,23H,4-5,7,9-11,13,15H2,1-3H3,(H,25,26)/b14-12+/t16-,17-,18?,19+/m0/s1. The summed E-state index contributed by atoms with van der Waals surface area (Å²) in [5.41, 5.74) is 0. The molecule has 0 spiro atoms. The van der Waals surface area contributed by atoms with Crippen LogP contribution in [0, 0.1) is 17.8 Å². The van der Waals surface area contributed by atoms with E-state index in [1.54, 1.807) is 12.2 Å². The maximum Gasteiger partial charge on any atom is 0.326 e. The van der Waals surface area contributed by atoms with Crippen LogP contribution in [0.15, 0.2) is 12.2 Å². The molecule has 0 aromatic carbocycles. The van der Waals surface area contributed by atoms with Crippen molar-refractivity contribution in [2.75, 3.05) is 0 Å². The van der Waals surface area contributed by atoms with Gasteiger partial charge in [-0.25, -0.2) is 4.79 Å². The van der Waals surface area contributed by atoms with E-state index in [0.717, 1.165) is 25.7 Å². The van der Waals surface area contributed by atoms with Gasteiger partial charge in [0, 0.05) is 19.3 Å². The zero-order valence-electron chi connectivity index (χ0n) is 16.3. The molecule has 0 aromatic heterocycles. The van der Waals surface area contributed by atoms with Crippen molar-refractivity contribution in [1.82, 2.24) is 4.90 Å². The predicted molar refractivity (Wildman–Crippen MR) is 102 cm³/mol. The van der Waals surface area contributed by atoms with E-state index < -0.39 is 18.1 Å². The van der Waals surface area contributed by atoms with Gasteiger partial charge in [-0.2, -0.15) is 0 Å². The number of likely N-dealkylation sites (tertiary alicyclic amines) is 1. The van der Waals surface area contributed by atoms with E-state index in [0.29, 0.717) is 25.7 Å². The quantitative estimate of drug-likeness (QED) is 0.354. The minimum absolute atomic E-state index is 0.00400. The van der Waals surface area contributed by atoms with E-state index >= 15 is 0 Å². The van der Waals surface area contributed by atoms with Gasteiger partial charge in [-0.1, -0.05) is 52.2 Å². The van der Waals surface area contributed by atoms with Crippen LogP contribution in [0.25, 0.3) is 0 Å². The van der Waals surface area contributed by atoms with E-state index in [-0.39, 0.29) is 17.9 Å². The van der Waals surface area contributed by atoms with Gasteiger partial charge in [0.25, 0.3) is 0 Å². The Labute approximate surface area is 157 Å². The van der Waals surface area contributed by atoms with Crippen molar-refractivity contribution >= 4 is 11.9 Å². The van der Waals surface area contributed by atoms with Crippen molar-refractivity contribution in [2.24, 2.45) is 5.92 Å². The Morgan fingerprint density at radius 1 is 1.35 bits per heavy atom. The lowest BCUT2D eigenvalue weighted by molar-refractivity contribution is -0.149. The second kappa shape index (κ2) is 11.7. The molecule has 1 saturated heterocycles. The van der Waals surface area contributed by atoms with Crippen LogP contribution in [0.3, 0.4) is 0 Å². The first kappa shape index (κ1) is 22.2. The Balaban J connectivity index is 2.76. The number of hydrogen-bond donors (Lipinski definition) is 2. The molecule has 1 amide bonds. The van der Waals surface area contributed by atoms with E-state index in [9.17, 15) is 19.8 Å². The van der Waals surface area contributed by atoms with Crippen molar-refractivity contribution in [1.29, 1.82) is 0 Å². The Hall–Kier alpha value is -1.80. The highest BCUT2D eigenvalue weighted by Gasteiger charge is 2.38. The average Bonchev–Trinajstić information content (AvgIpc) is 2.97. The highest BCUT2D eigenvalue weighted by molar-refractivity contribution is 5.85. The van der Waals surface area contributed by atoms with Crippen LogP contribution in [-0.4, -0.2) is 45.2 Å². The zero-order valence-corrected chi connectivity index (χ0v) is 16.3. The molecule has 1 heterocycles. The van der Waals surface area contributed by atoms with Gasteiger partial charge in [0.15, 0.2) is 0 Å². The molecule has 5 heteroatoms. The summed E-state index contributed by atoms with van der Waals surface area (Å²) in [6.07, 6.45) is 8.46. The number of carbonyl (C=O) groups excluding carboxylic acids is 1.